The number of nitrogens with zero attached hydrogens (tertiary/aromatic N) is 2. The van der Waals surface area contributed by atoms with Gasteiger partial charge >= 0.3 is 6.18 Å². The van der Waals surface area contributed by atoms with E-state index in [1.165, 1.54) is 22.5 Å². The first kappa shape index (κ1) is 25.2. The Morgan fingerprint density at radius 3 is 2.09 bits per heavy atom. The summed E-state index contributed by atoms with van der Waals surface area (Å²) in [5, 5.41) is 2.37. The van der Waals surface area contributed by atoms with Crippen molar-refractivity contribution in [3.8, 4) is 0 Å². The van der Waals surface area contributed by atoms with Crippen molar-refractivity contribution in [3.05, 3.63) is 58.7 Å². The molecule has 0 aliphatic carbocycles. The Morgan fingerprint density at radius 2 is 1.55 bits per heavy atom. The molecule has 1 saturated heterocycles. The number of hydrogen-bond donors (Lipinski definition) is 1. The standard InChI is InChI=1S/C23H28F3N3O3S/c1-15-13-16(2)21(17(3)14-15)33(31,32)29-11-9-28(10-12-29)18(4)22(30)27-20-8-6-5-7-19(20)23(24,25)26/h5-8,13-14,18H,9-12H2,1-4H3,(H,27,30)/t18-/m0/s1. The minimum absolute atomic E-state index is 0.186. The maximum atomic E-state index is 13.2. The molecule has 0 bridgehead atoms. The number of carbonyl (C=O) groups excluding carboxylic acids is 1. The molecule has 10 heteroatoms. The minimum atomic E-state index is -4.58. The van der Waals surface area contributed by atoms with E-state index in [9.17, 15) is 26.4 Å². The summed E-state index contributed by atoms with van der Waals surface area (Å²) in [6.45, 7) is 8.01. The van der Waals surface area contributed by atoms with Crippen LogP contribution in [0.3, 0.4) is 0 Å². The highest BCUT2D eigenvalue weighted by molar-refractivity contribution is 7.89. The number of rotatable bonds is 5. The van der Waals surface area contributed by atoms with Crippen molar-refractivity contribution in [1.82, 2.24) is 9.21 Å². The molecule has 0 aromatic heterocycles. The highest BCUT2D eigenvalue weighted by Gasteiger charge is 2.36. The minimum Gasteiger partial charge on any atom is -0.324 e. The summed E-state index contributed by atoms with van der Waals surface area (Å²) in [5.41, 5.74) is 1.15. The first-order chi connectivity index (χ1) is 15.3. The van der Waals surface area contributed by atoms with Crippen molar-refractivity contribution < 1.29 is 26.4 Å². The molecule has 1 atom stereocenters. The largest absolute Gasteiger partial charge is 0.418 e. The molecule has 0 radical (unpaired) electrons. The molecule has 2 aromatic carbocycles. The molecular weight excluding hydrogens is 455 g/mol. The Hall–Kier alpha value is -2.43. The molecule has 1 amide bonds. The number of nitrogens with one attached hydrogen (secondary N) is 1. The lowest BCUT2D eigenvalue weighted by Gasteiger charge is -2.37. The first-order valence-corrected chi connectivity index (χ1v) is 12.1. The second-order valence-electron chi connectivity index (χ2n) is 8.38. The van der Waals surface area contributed by atoms with Gasteiger partial charge in [0, 0.05) is 26.2 Å². The van der Waals surface area contributed by atoms with Gasteiger partial charge in [-0.2, -0.15) is 17.5 Å². The van der Waals surface area contributed by atoms with Crippen LogP contribution in [0.2, 0.25) is 0 Å². The number of anilines is 1. The zero-order valence-electron chi connectivity index (χ0n) is 19.0. The molecule has 1 fully saturated rings. The number of benzene rings is 2. The number of carbonyl (C=O) groups is 1. The number of halogens is 3. The summed E-state index contributed by atoms with van der Waals surface area (Å²) in [6.07, 6.45) is -4.58. The Morgan fingerprint density at radius 1 is 1.00 bits per heavy atom. The summed E-state index contributed by atoms with van der Waals surface area (Å²) < 4.78 is 67.5. The number of para-hydroxylation sites is 1. The topological polar surface area (TPSA) is 69.7 Å². The molecule has 180 valence electrons. The summed E-state index contributed by atoms with van der Waals surface area (Å²) in [4.78, 5) is 14.7. The fourth-order valence-corrected chi connectivity index (χ4v) is 6.11. The van der Waals surface area contributed by atoms with Gasteiger partial charge in [-0.15, -0.1) is 0 Å². The SMILES string of the molecule is Cc1cc(C)c(S(=O)(=O)N2CCN([C@@H](C)C(=O)Nc3ccccc3C(F)(F)F)CC2)c(C)c1. The van der Waals surface area contributed by atoms with E-state index in [0.29, 0.717) is 29.1 Å². The number of alkyl halides is 3. The van der Waals surface area contributed by atoms with Crippen molar-refractivity contribution in [3.63, 3.8) is 0 Å². The summed E-state index contributed by atoms with van der Waals surface area (Å²) in [7, 11) is -3.70. The van der Waals surface area contributed by atoms with Gasteiger partial charge in [0.15, 0.2) is 0 Å². The molecule has 1 aliphatic rings. The average Bonchev–Trinajstić information content (AvgIpc) is 2.72. The lowest BCUT2D eigenvalue weighted by atomic mass is 10.1. The molecule has 2 aromatic rings. The third-order valence-electron chi connectivity index (χ3n) is 5.89. The van der Waals surface area contributed by atoms with Gasteiger partial charge in [0.1, 0.15) is 0 Å². The van der Waals surface area contributed by atoms with Gasteiger partial charge in [0.05, 0.1) is 22.2 Å². The molecule has 1 aliphatic heterocycles. The van der Waals surface area contributed by atoms with Crippen LogP contribution in [0.25, 0.3) is 0 Å². The second-order valence-corrected chi connectivity index (χ2v) is 10.3. The Kier molecular flexibility index (Phi) is 7.21. The fraction of sp³-hybridized carbons (Fsp3) is 0.435. The zero-order valence-corrected chi connectivity index (χ0v) is 19.8. The van der Waals surface area contributed by atoms with E-state index >= 15 is 0 Å². The van der Waals surface area contributed by atoms with Crippen LogP contribution in [-0.4, -0.2) is 55.8 Å². The van der Waals surface area contributed by atoms with Crippen LogP contribution in [0.15, 0.2) is 41.3 Å². The van der Waals surface area contributed by atoms with E-state index in [-0.39, 0.29) is 18.8 Å². The Bertz CT molecular complexity index is 1120. The predicted molar refractivity (Wildman–Crippen MR) is 121 cm³/mol. The van der Waals surface area contributed by atoms with Gasteiger partial charge in [0.25, 0.3) is 0 Å². The number of hydrogen-bond acceptors (Lipinski definition) is 4. The van der Waals surface area contributed by atoms with E-state index in [0.717, 1.165) is 11.6 Å². The molecule has 0 saturated carbocycles. The third-order valence-corrected chi connectivity index (χ3v) is 8.10. The summed E-state index contributed by atoms with van der Waals surface area (Å²) in [5.74, 6) is -0.576. The molecular formula is C23H28F3N3O3S. The van der Waals surface area contributed by atoms with E-state index in [2.05, 4.69) is 5.32 Å². The normalized spacial score (nSPS) is 17.1. The molecule has 0 unspecified atom stereocenters. The van der Waals surface area contributed by atoms with E-state index < -0.39 is 33.7 Å². The van der Waals surface area contributed by atoms with Gasteiger partial charge in [-0.3, -0.25) is 9.69 Å². The van der Waals surface area contributed by atoms with E-state index in [4.69, 9.17) is 0 Å². The summed E-state index contributed by atoms with van der Waals surface area (Å²) >= 11 is 0. The van der Waals surface area contributed by atoms with Crippen LogP contribution in [0, 0.1) is 20.8 Å². The number of aryl methyl sites for hydroxylation is 3. The quantitative estimate of drug-likeness (QED) is 0.699. The van der Waals surface area contributed by atoms with Crippen molar-refractivity contribution in [1.29, 1.82) is 0 Å². The molecule has 3 rings (SSSR count). The van der Waals surface area contributed by atoms with Gasteiger partial charge < -0.3 is 5.32 Å². The van der Waals surface area contributed by atoms with Gasteiger partial charge in [-0.05, 0) is 51.0 Å². The molecule has 0 spiro atoms. The second kappa shape index (κ2) is 9.44. The maximum Gasteiger partial charge on any atom is 0.418 e. The van der Waals surface area contributed by atoms with Crippen molar-refractivity contribution in [2.24, 2.45) is 0 Å². The lowest BCUT2D eigenvalue weighted by molar-refractivity contribution is -0.137. The van der Waals surface area contributed by atoms with Crippen LogP contribution in [-0.2, 0) is 21.0 Å². The van der Waals surface area contributed by atoms with Crippen LogP contribution >= 0.6 is 0 Å². The summed E-state index contributed by atoms with van der Waals surface area (Å²) in [6, 6.07) is 7.76. The van der Waals surface area contributed by atoms with Crippen LogP contribution in [0.4, 0.5) is 18.9 Å². The van der Waals surface area contributed by atoms with Gasteiger partial charge in [-0.1, -0.05) is 29.8 Å². The van der Waals surface area contributed by atoms with Gasteiger partial charge in [0.2, 0.25) is 15.9 Å². The first-order valence-electron chi connectivity index (χ1n) is 10.6. The zero-order chi connectivity index (χ0) is 24.6. The molecule has 1 heterocycles. The lowest BCUT2D eigenvalue weighted by Crippen LogP contribution is -2.54. The average molecular weight is 484 g/mol. The maximum absolute atomic E-state index is 13.2. The molecule has 6 nitrogen and oxygen atoms in total. The van der Waals surface area contributed by atoms with Crippen molar-refractivity contribution in [2.45, 2.75) is 44.8 Å². The smallest absolute Gasteiger partial charge is 0.324 e. The molecule has 33 heavy (non-hydrogen) atoms. The Labute approximate surface area is 192 Å². The number of piperazine rings is 1. The van der Waals surface area contributed by atoms with Crippen molar-refractivity contribution in [2.75, 3.05) is 31.5 Å². The van der Waals surface area contributed by atoms with Crippen LogP contribution in [0.1, 0.15) is 29.2 Å². The van der Waals surface area contributed by atoms with Crippen molar-refractivity contribution >= 4 is 21.6 Å². The highest BCUT2D eigenvalue weighted by atomic mass is 32.2. The fourth-order valence-electron chi connectivity index (χ4n) is 4.28. The van der Waals surface area contributed by atoms with Gasteiger partial charge in [-0.25, -0.2) is 8.42 Å². The molecule has 1 N–H and O–H groups in total. The highest BCUT2D eigenvalue weighted by Crippen LogP contribution is 2.34. The number of amides is 1. The Balaban J connectivity index is 1.68. The monoisotopic (exact) mass is 483 g/mol. The van der Waals surface area contributed by atoms with E-state index in [1.54, 1.807) is 25.7 Å². The van der Waals surface area contributed by atoms with Crippen LogP contribution < -0.4 is 5.32 Å². The van der Waals surface area contributed by atoms with Crippen LogP contribution in [0.5, 0.6) is 0 Å². The predicted octanol–water partition coefficient (Wildman–Crippen LogP) is 3.96. The third kappa shape index (κ3) is 5.39. The number of sulfonamides is 1. The van der Waals surface area contributed by atoms with E-state index in [1.807, 2.05) is 19.1 Å².